The first-order valence-electron chi connectivity index (χ1n) is 10.1. The summed E-state index contributed by atoms with van der Waals surface area (Å²) in [5.41, 5.74) is 4.15. The van der Waals surface area contributed by atoms with E-state index in [1.165, 1.54) is 7.11 Å². The van der Waals surface area contributed by atoms with Gasteiger partial charge in [0.05, 0.1) is 14.2 Å². The lowest BCUT2D eigenvalue weighted by molar-refractivity contribution is -0.143. The van der Waals surface area contributed by atoms with Crippen molar-refractivity contribution in [2.24, 2.45) is 10.9 Å². The van der Waals surface area contributed by atoms with E-state index in [1.54, 1.807) is 7.11 Å². The molecule has 4 rings (SSSR count). The first-order chi connectivity index (χ1) is 14.5. The van der Waals surface area contributed by atoms with E-state index >= 15 is 0 Å². The number of Topliss-reactive ketones (excluding diaryl/α,β-unsaturated/α-hetero) is 1. The van der Waals surface area contributed by atoms with Crippen molar-refractivity contribution in [3.05, 3.63) is 77.0 Å². The van der Waals surface area contributed by atoms with Gasteiger partial charge in [0.1, 0.15) is 11.7 Å². The summed E-state index contributed by atoms with van der Waals surface area (Å²) in [5, 5.41) is 0. The Kier molecular flexibility index (Phi) is 5.53. The highest BCUT2D eigenvalue weighted by Gasteiger charge is 2.44. The average Bonchev–Trinajstić information content (AvgIpc) is 2.78. The molecule has 3 atom stereocenters. The lowest BCUT2D eigenvalue weighted by Gasteiger charge is -2.36. The zero-order valence-corrected chi connectivity index (χ0v) is 17.4. The number of benzene rings is 2. The predicted octanol–water partition coefficient (Wildman–Crippen LogP) is 4.44. The maximum absolute atomic E-state index is 13.4. The Morgan fingerprint density at radius 2 is 1.67 bits per heavy atom. The molecule has 1 unspecified atom stereocenters. The molecule has 5 nitrogen and oxygen atoms in total. The fourth-order valence-electron chi connectivity index (χ4n) is 4.62. The summed E-state index contributed by atoms with van der Waals surface area (Å²) < 4.78 is 10.4. The first-order valence-corrected chi connectivity index (χ1v) is 10.1. The molecule has 1 heterocycles. The number of nitrogens with zero attached hydrogens (tertiary/aromatic N) is 1. The van der Waals surface area contributed by atoms with Crippen LogP contribution in [0, 0.1) is 5.92 Å². The molecule has 0 bridgehead atoms. The summed E-state index contributed by atoms with van der Waals surface area (Å²) >= 11 is 0. The highest BCUT2D eigenvalue weighted by Crippen LogP contribution is 2.46. The number of ether oxygens (including phenoxy) is 2. The van der Waals surface area contributed by atoms with E-state index < -0.39 is 11.8 Å². The smallest absolute Gasteiger partial charge is 0.315 e. The fourth-order valence-corrected chi connectivity index (χ4v) is 4.62. The topological polar surface area (TPSA) is 65.0 Å². The van der Waals surface area contributed by atoms with Gasteiger partial charge in [0.15, 0.2) is 5.78 Å². The Bertz CT molecular complexity index is 1020. The molecule has 2 aromatic carbocycles. The van der Waals surface area contributed by atoms with Crippen LogP contribution in [0.5, 0.6) is 5.75 Å². The van der Waals surface area contributed by atoms with Crippen LogP contribution < -0.4 is 4.74 Å². The van der Waals surface area contributed by atoms with Gasteiger partial charge in [-0.3, -0.25) is 14.6 Å². The normalized spacial score (nSPS) is 23.5. The summed E-state index contributed by atoms with van der Waals surface area (Å²) in [6.07, 6.45) is 1.10. The van der Waals surface area contributed by atoms with Crippen LogP contribution in [0.2, 0.25) is 0 Å². The van der Waals surface area contributed by atoms with Crippen LogP contribution in [0.4, 0.5) is 0 Å². The van der Waals surface area contributed by atoms with Gasteiger partial charge < -0.3 is 9.47 Å². The van der Waals surface area contributed by atoms with E-state index in [2.05, 4.69) is 12.1 Å². The van der Waals surface area contributed by atoms with Crippen LogP contribution >= 0.6 is 0 Å². The van der Waals surface area contributed by atoms with E-state index in [0.29, 0.717) is 24.1 Å². The van der Waals surface area contributed by atoms with Gasteiger partial charge in [0, 0.05) is 29.3 Å². The molecule has 0 saturated heterocycles. The molecule has 0 N–H and O–H groups in total. The van der Waals surface area contributed by atoms with Crippen LogP contribution in [0.15, 0.2) is 70.9 Å². The minimum absolute atomic E-state index is 0.0519. The second-order valence-electron chi connectivity index (χ2n) is 7.80. The van der Waals surface area contributed by atoms with Crippen molar-refractivity contribution < 1.29 is 19.1 Å². The third-order valence-corrected chi connectivity index (χ3v) is 6.09. The third-order valence-electron chi connectivity index (χ3n) is 6.09. The predicted molar refractivity (Wildman–Crippen MR) is 115 cm³/mol. The zero-order chi connectivity index (χ0) is 21.3. The standard InChI is InChI=1S/C25H25NO4/c1-15-22(25(28)30-3)23(17-9-11-19(29-2)12-10-17)24-20(26-15)13-18(14-21(24)27)16-7-5-4-6-8-16/h4-12,18,22-23H,13-14H2,1-3H3/t18-,22?,23-/m0/s1. The van der Waals surface area contributed by atoms with Crippen molar-refractivity contribution in [3.63, 3.8) is 0 Å². The van der Waals surface area contributed by atoms with Gasteiger partial charge in [-0.25, -0.2) is 0 Å². The van der Waals surface area contributed by atoms with E-state index in [9.17, 15) is 9.59 Å². The van der Waals surface area contributed by atoms with Crippen molar-refractivity contribution >= 4 is 17.5 Å². The van der Waals surface area contributed by atoms with Gasteiger partial charge in [-0.05, 0) is 42.5 Å². The Hall–Kier alpha value is -3.21. The first kappa shape index (κ1) is 20.1. The van der Waals surface area contributed by atoms with Gasteiger partial charge in [-0.1, -0.05) is 42.5 Å². The highest BCUT2D eigenvalue weighted by atomic mass is 16.5. The van der Waals surface area contributed by atoms with Crippen molar-refractivity contribution in [2.45, 2.75) is 31.6 Å². The summed E-state index contributed by atoms with van der Waals surface area (Å²) in [4.78, 5) is 30.8. The molecule has 0 amide bonds. The molecule has 1 aliphatic heterocycles. The number of aliphatic imine (C=N–C) groups is 1. The molecule has 5 heteroatoms. The van der Waals surface area contributed by atoms with Crippen molar-refractivity contribution in [1.82, 2.24) is 0 Å². The molecule has 0 spiro atoms. The maximum Gasteiger partial charge on any atom is 0.315 e. The van der Waals surface area contributed by atoms with Gasteiger partial charge in [-0.15, -0.1) is 0 Å². The molecular formula is C25H25NO4. The average molecular weight is 403 g/mol. The van der Waals surface area contributed by atoms with E-state index in [1.807, 2.05) is 49.4 Å². The Balaban J connectivity index is 1.80. The molecule has 0 fully saturated rings. The summed E-state index contributed by atoms with van der Waals surface area (Å²) in [7, 11) is 2.98. The van der Waals surface area contributed by atoms with Crippen molar-refractivity contribution in [1.29, 1.82) is 0 Å². The number of hydrogen-bond acceptors (Lipinski definition) is 5. The number of ketones is 1. The molecule has 0 aromatic heterocycles. The molecule has 30 heavy (non-hydrogen) atoms. The maximum atomic E-state index is 13.4. The molecular weight excluding hydrogens is 378 g/mol. The Morgan fingerprint density at radius 1 is 0.967 bits per heavy atom. The second-order valence-corrected chi connectivity index (χ2v) is 7.80. The second kappa shape index (κ2) is 8.27. The minimum atomic E-state index is -0.612. The van der Waals surface area contributed by atoms with E-state index in [0.717, 1.165) is 22.6 Å². The number of carbonyl (C=O) groups excluding carboxylic acids is 2. The van der Waals surface area contributed by atoms with Crippen LogP contribution in [0.3, 0.4) is 0 Å². The highest BCUT2D eigenvalue weighted by molar-refractivity contribution is 6.09. The van der Waals surface area contributed by atoms with E-state index in [-0.39, 0.29) is 17.7 Å². The van der Waals surface area contributed by atoms with Crippen molar-refractivity contribution in [2.75, 3.05) is 14.2 Å². The van der Waals surface area contributed by atoms with Crippen LogP contribution in [-0.2, 0) is 14.3 Å². The molecule has 1 aliphatic carbocycles. The zero-order valence-electron chi connectivity index (χ0n) is 17.4. The fraction of sp³-hybridized carbons (Fsp3) is 0.320. The Labute approximate surface area is 176 Å². The quantitative estimate of drug-likeness (QED) is 0.708. The van der Waals surface area contributed by atoms with Crippen molar-refractivity contribution in [3.8, 4) is 5.75 Å². The summed E-state index contributed by atoms with van der Waals surface area (Å²) in [5.74, 6) is -0.514. The lowest BCUT2D eigenvalue weighted by Crippen LogP contribution is -2.37. The van der Waals surface area contributed by atoms with Gasteiger partial charge in [0.2, 0.25) is 0 Å². The summed E-state index contributed by atoms with van der Waals surface area (Å²) in [6.45, 7) is 1.85. The number of allylic oxidation sites excluding steroid dienone is 2. The molecule has 2 aliphatic rings. The number of esters is 1. The number of hydrogen-bond donors (Lipinski definition) is 0. The molecule has 154 valence electrons. The van der Waals surface area contributed by atoms with Gasteiger partial charge >= 0.3 is 5.97 Å². The number of rotatable bonds is 4. The summed E-state index contributed by atoms with van der Waals surface area (Å²) in [6, 6.07) is 17.6. The number of carbonyl (C=O) groups is 2. The van der Waals surface area contributed by atoms with Gasteiger partial charge in [-0.2, -0.15) is 0 Å². The van der Waals surface area contributed by atoms with Crippen LogP contribution in [-0.4, -0.2) is 31.7 Å². The van der Waals surface area contributed by atoms with Crippen LogP contribution in [0.25, 0.3) is 0 Å². The molecule has 0 radical (unpaired) electrons. The SMILES string of the molecule is COC(=O)C1C(C)=NC2=C(C(=O)C[C@@H](c3ccccc3)C2)[C@H]1c1ccc(OC)cc1. The minimum Gasteiger partial charge on any atom is -0.497 e. The lowest BCUT2D eigenvalue weighted by atomic mass is 9.69. The Morgan fingerprint density at radius 3 is 2.30 bits per heavy atom. The molecule has 2 aromatic rings. The van der Waals surface area contributed by atoms with Gasteiger partial charge in [0.25, 0.3) is 0 Å². The largest absolute Gasteiger partial charge is 0.497 e. The number of methoxy groups -OCH3 is 2. The third kappa shape index (κ3) is 3.56. The van der Waals surface area contributed by atoms with Crippen LogP contribution in [0.1, 0.15) is 42.7 Å². The molecule has 0 saturated carbocycles. The monoisotopic (exact) mass is 403 g/mol. The van der Waals surface area contributed by atoms with E-state index in [4.69, 9.17) is 14.5 Å².